The van der Waals surface area contributed by atoms with Gasteiger partial charge in [0.25, 0.3) is 0 Å². The lowest BCUT2D eigenvalue weighted by atomic mass is 10.2. The largest absolute Gasteiger partial charge is 0.391 e. The number of aliphatic hydroxyl groups is 1. The molecule has 1 unspecified atom stereocenters. The quantitative estimate of drug-likeness (QED) is 0.787. The van der Waals surface area contributed by atoms with Crippen LogP contribution in [0.3, 0.4) is 0 Å². The molecule has 1 atom stereocenters. The Morgan fingerprint density at radius 1 is 1.27 bits per heavy atom. The lowest BCUT2D eigenvalue weighted by Crippen LogP contribution is -2.40. The highest BCUT2D eigenvalue weighted by Gasteiger charge is 2.14. The number of aliphatic hydroxyl groups excluding tert-OH is 1. The molecule has 0 fully saturated rings. The van der Waals surface area contributed by atoms with Crippen molar-refractivity contribution >= 4 is 22.9 Å². The second-order valence-corrected chi connectivity index (χ2v) is 6.17. The fourth-order valence-electron chi connectivity index (χ4n) is 2.11. The van der Waals surface area contributed by atoms with Gasteiger partial charge >= 0.3 is 0 Å². The Balaban J connectivity index is 1.94. The van der Waals surface area contributed by atoms with E-state index in [2.05, 4.69) is 5.32 Å². The van der Waals surface area contributed by atoms with Gasteiger partial charge in [0, 0.05) is 17.1 Å². The molecule has 0 saturated heterocycles. The predicted octanol–water partition coefficient (Wildman–Crippen LogP) is 2.64. The number of carbonyl (C=O) groups excluding carboxylic acids is 1. The van der Waals surface area contributed by atoms with Crippen LogP contribution in [0.1, 0.15) is 18.2 Å². The molecule has 1 aromatic heterocycles. The second kappa shape index (κ2) is 8.56. The number of para-hydroxylation sites is 1. The Morgan fingerprint density at radius 2 is 2.05 bits per heavy atom. The number of rotatable bonds is 8. The highest BCUT2D eigenvalue weighted by atomic mass is 32.1. The highest BCUT2D eigenvalue weighted by molar-refractivity contribution is 7.09. The van der Waals surface area contributed by atoms with Crippen molar-refractivity contribution in [2.24, 2.45) is 0 Å². The predicted molar refractivity (Wildman–Crippen MR) is 91.1 cm³/mol. The minimum atomic E-state index is -0.440. The first kappa shape index (κ1) is 16.5. The number of amides is 1. The van der Waals surface area contributed by atoms with E-state index < -0.39 is 6.10 Å². The van der Waals surface area contributed by atoms with Crippen LogP contribution >= 0.6 is 11.3 Å². The van der Waals surface area contributed by atoms with E-state index in [0.717, 1.165) is 10.6 Å². The van der Waals surface area contributed by atoms with E-state index in [1.165, 1.54) is 0 Å². The normalized spacial score (nSPS) is 11.9. The number of carbonyl (C=O) groups is 1. The zero-order valence-corrected chi connectivity index (χ0v) is 13.6. The van der Waals surface area contributed by atoms with Crippen LogP contribution in [0, 0.1) is 0 Å². The molecule has 1 amide bonds. The molecule has 0 saturated carbocycles. The summed E-state index contributed by atoms with van der Waals surface area (Å²) in [5.74, 6) is -0.0412. The summed E-state index contributed by atoms with van der Waals surface area (Å²) in [6.45, 7) is 3.18. The van der Waals surface area contributed by atoms with Gasteiger partial charge in [-0.05, 0) is 30.0 Å². The van der Waals surface area contributed by atoms with Crippen LogP contribution in [0.4, 0.5) is 5.69 Å². The molecule has 22 heavy (non-hydrogen) atoms. The monoisotopic (exact) mass is 318 g/mol. The standard InChI is InChI=1S/C17H22N2O2S/c1-2-15(20)12-19(14-7-4-3-5-8-14)13-17(21)18-11-16-9-6-10-22-16/h3-10,15,20H,2,11-13H2,1H3,(H,18,21). The average molecular weight is 318 g/mol. The van der Waals surface area contributed by atoms with Gasteiger partial charge in [-0.3, -0.25) is 4.79 Å². The summed E-state index contributed by atoms with van der Waals surface area (Å²) in [5.41, 5.74) is 0.946. The van der Waals surface area contributed by atoms with Crippen molar-refractivity contribution in [2.75, 3.05) is 18.0 Å². The molecule has 4 nitrogen and oxygen atoms in total. The van der Waals surface area contributed by atoms with Gasteiger partial charge in [-0.25, -0.2) is 0 Å². The number of nitrogens with zero attached hydrogens (tertiary/aromatic N) is 1. The second-order valence-electron chi connectivity index (χ2n) is 5.13. The lowest BCUT2D eigenvalue weighted by molar-refractivity contribution is -0.119. The van der Waals surface area contributed by atoms with Gasteiger partial charge in [0.2, 0.25) is 5.91 Å². The van der Waals surface area contributed by atoms with E-state index in [-0.39, 0.29) is 12.5 Å². The van der Waals surface area contributed by atoms with Crippen molar-refractivity contribution in [3.05, 3.63) is 52.7 Å². The summed E-state index contributed by atoms with van der Waals surface area (Å²) in [7, 11) is 0. The number of hydrogen-bond acceptors (Lipinski definition) is 4. The third-order valence-corrected chi connectivity index (χ3v) is 4.27. The van der Waals surface area contributed by atoms with Gasteiger partial charge in [-0.15, -0.1) is 11.3 Å². The van der Waals surface area contributed by atoms with Gasteiger partial charge in [0.15, 0.2) is 0 Å². The summed E-state index contributed by atoms with van der Waals surface area (Å²) in [5, 5.41) is 14.8. The molecule has 2 rings (SSSR count). The first-order valence-electron chi connectivity index (χ1n) is 7.46. The van der Waals surface area contributed by atoms with Gasteiger partial charge in [0.05, 0.1) is 19.2 Å². The zero-order chi connectivity index (χ0) is 15.8. The molecule has 1 heterocycles. The van der Waals surface area contributed by atoms with Crippen LogP contribution in [0.5, 0.6) is 0 Å². The van der Waals surface area contributed by atoms with Crippen LogP contribution < -0.4 is 10.2 Å². The van der Waals surface area contributed by atoms with E-state index in [4.69, 9.17) is 0 Å². The van der Waals surface area contributed by atoms with Crippen LogP contribution in [0.2, 0.25) is 0 Å². The molecular formula is C17H22N2O2S. The van der Waals surface area contributed by atoms with Gasteiger partial charge in [-0.2, -0.15) is 0 Å². The van der Waals surface area contributed by atoms with Gasteiger partial charge in [-0.1, -0.05) is 31.2 Å². The molecule has 0 aliphatic carbocycles. The van der Waals surface area contributed by atoms with Gasteiger partial charge < -0.3 is 15.3 Å². The third kappa shape index (κ3) is 5.16. The van der Waals surface area contributed by atoms with Crippen molar-refractivity contribution < 1.29 is 9.90 Å². The van der Waals surface area contributed by atoms with Crippen LogP contribution in [0.15, 0.2) is 47.8 Å². The van der Waals surface area contributed by atoms with Crippen molar-refractivity contribution in [1.82, 2.24) is 5.32 Å². The maximum atomic E-state index is 12.2. The molecule has 0 aliphatic heterocycles. The summed E-state index contributed by atoms with van der Waals surface area (Å²) < 4.78 is 0. The molecule has 2 aromatic rings. The molecule has 0 bridgehead atoms. The molecule has 118 valence electrons. The van der Waals surface area contributed by atoms with Crippen molar-refractivity contribution in [3.63, 3.8) is 0 Å². The number of hydrogen-bond donors (Lipinski definition) is 2. The Kier molecular flexibility index (Phi) is 6.43. The molecular weight excluding hydrogens is 296 g/mol. The number of thiophene rings is 1. The molecule has 5 heteroatoms. The zero-order valence-electron chi connectivity index (χ0n) is 12.7. The fraction of sp³-hybridized carbons (Fsp3) is 0.353. The van der Waals surface area contributed by atoms with E-state index in [9.17, 15) is 9.90 Å². The first-order valence-corrected chi connectivity index (χ1v) is 8.34. The average Bonchev–Trinajstić information content (AvgIpc) is 3.06. The number of nitrogens with one attached hydrogen (secondary N) is 1. The van der Waals surface area contributed by atoms with Crippen molar-refractivity contribution in [3.8, 4) is 0 Å². The smallest absolute Gasteiger partial charge is 0.239 e. The SMILES string of the molecule is CCC(O)CN(CC(=O)NCc1cccs1)c1ccccc1. The number of anilines is 1. The summed E-state index contributed by atoms with van der Waals surface area (Å²) >= 11 is 1.63. The van der Waals surface area contributed by atoms with E-state index in [1.54, 1.807) is 11.3 Å². The maximum Gasteiger partial charge on any atom is 0.239 e. The summed E-state index contributed by atoms with van der Waals surface area (Å²) in [6, 6.07) is 13.7. The maximum absolute atomic E-state index is 12.2. The Morgan fingerprint density at radius 3 is 2.68 bits per heavy atom. The third-order valence-electron chi connectivity index (χ3n) is 3.40. The summed E-state index contributed by atoms with van der Waals surface area (Å²) in [6.07, 6.45) is 0.227. The molecule has 2 N–H and O–H groups in total. The van der Waals surface area contributed by atoms with Crippen LogP contribution in [0.25, 0.3) is 0 Å². The number of benzene rings is 1. The lowest BCUT2D eigenvalue weighted by Gasteiger charge is -2.26. The van der Waals surface area contributed by atoms with Gasteiger partial charge in [0.1, 0.15) is 0 Å². The highest BCUT2D eigenvalue weighted by Crippen LogP contribution is 2.14. The van der Waals surface area contributed by atoms with Crippen molar-refractivity contribution in [1.29, 1.82) is 0 Å². The van der Waals surface area contributed by atoms with E-state index in [1.807, 2.05) is 59.7 Å². The van der Waals surface area contributed by atoms with E-state index >= 15 is 0 Å². The Labute approximate surface area is 135 Å². The summed E-state index contributed by atoms with van der Waals surface area (Å²) in [4.78, 5) is 15.2. The topological polar surface area (TPSA) is 52.6 Å². The molecule has 0 aliphatic rings. The first-order chi connectivity index (χ1) is 10.7. The van der Waals surface area contributed by atoms with Crippen LogP contribution in [-0.4, -0.2) is 30.2 Å². The van der Waals surface area contributed by atoms with Crippen LogP contribution in [-0.2, 0) is 11.3 Å². The fourth-order valence-corrected chi connectivity index (χ4v) is 2.76. The Hall–Kier alpha value is -1.85. The molecule has 1 aromatic carbocycles. The molecule has 0 spiro atoms. The minimum Gasteiger partial charge on any atom is -0.391 e. The molecule has 0 radical (unpaired) electrons. The van der Waals surface area contributed by atoms with Crippen molar-refractivity contribution in [2.45, 2.75) is 26.0 Å². The Bertz CT molecular complexity index is 557. The minimum absolute atomic E-state index is 0.0412. The van der Waals surface area contributed by atoms with E-state index in [0.29, 0.717) is 19.5 Å².